The molecule has 0 saturated carbocycles. The van der Waals surface area contributed by atoms with Gasteiger partial charge in [-0.3, -0.25) is 0 Å². The van der Waals surface area contributed by atoms with Gasteiger partial charge in [-0.1, -0.05) is 94.8 Å². The summed E-state index contributed by atoms with van der Waals surface area (Å²) < 4.78 is 0. The molecule has 0 saturated heterocycles. The Hall–Kier alpha value is -3.45. The molecule has 0 spiro atoms. The number of pyridine rings is 1. The minimum Gasteiger partial charge on any atom is -0.249 e. The zero-order valence-electron chi connectivity index (χ0n) is 17.3. The molecule has 2 aromatic carbocycles. The molecule has 144 valence electrons. The summed E-state index contributed by atoms with van der Waals surface area (Å²) in [5.74, 6) is 0. The molecule has 0 bridgehead atoms. The lowest BCUT2D eigenvalue weighted by molar-refractivity contribution is 0.660. The first-order valence-electron chi connectivity index (χ1n) is 9.70. The van der Waals surface area contributed by atoms with Gasteiger partial charge < -0.3 is 0 Å². The number of aromatic nitrogens is 1. The second-order valence-corrected chi connectivity index (χ2v) is 7.54. The number of rotatable bonds is 4. The summed E-state index contributed by atoms with van der Waals surface area (Å²) in [5.41, 5.74) is 9.66. The second-order valence-electron chi connectivity index (χ2n) is 7.54. The maximum Gasteiger partial charge on any atom is 0.0631 e. The third-order valence-corrected chi connectivity index (χ3v) is 5.41. The Kier molecular flexibility index (Phi) is 5.79. The molecular formula is C28H27N. The lowest BCUT2D eigenvalue weighted by Gasteiger charge is -2.22. The minimum absolute atomic E-state index is 0.0444. The molecule has 3 aromatic rings. The van der Waals surface area contributed by atoms with Gasteiger partial charge in [-0.05, 0) is 57.7 Å². The average Bonchev–Trinajstić information content (AvgIpc) is 3.00. The monoisotopic (exact) mass is 377 g/mol. The Balaban J connectivity index is 0.000000204. The zero-order valence-corrected chi connectivity index (χ0v) is 17.3. The molecule has 1 nitrogen and oxygen atoms in total. The highest BCUT2D eigenvalue weighted by molar-refractivity contribution is 5.82. The van der Waals surface area contributed by atoms with Crippen molar-refractivity contribution in [3.05, 3.63) is 115 Å². The van der Waals surface area contributed by atoms with Crippen LogP contribution in [0, 0.1) is 0 Å². The third kappa shape index (κ3) is 3.90. The van der Waals surface area contributed by atoms with E-state index in [4.69, 9.17) is 0 Å². The summed E-state index contributed by atoms with van der Waals surface area (Å²) in [6.07, 6.45) is 7.25. The fourth-order valence-electron chi connectivity index (χ4n) is 3.72. The Morgan fingerprint density at radius 3 is 1.48 bits per heavy atom. The van der Waals surface area contributed by atoms with Crippen molar-refractivity contribution < 1.29 is 0 Å². The van der Waals surface area contributed by atoms with Gasteiger partial charge in [-0.15, -0.1) is 0 Å². The number of benzene rings is 2. The fourth-order valence-corrected chi connectivity index (χ4v) is 3.72. The van der Waals surface area contributed by atoms with Crippen LogP contribution in [0.5, 0.6) is 0 Å². The van der Waals surface area contributed by atoms with Crippen LogP contribution in [0.2, 0.25) is 0 Å². The molecule has 1 aliphatic carbocycles. The van der Waals surface area contributed by atoms with E-state index in [0.29, 0.717) is 0 Å². The van der Waals surface area contributed by atoms with E-state index >= 15 is 0 Å². The highest BCUT2D eigenvalue weighted by Crippen LogP contribution is 2.49. The first-order valence-corrected chi connectivity index (χ1v) is 9.70. The van der Waals surface area contributed by atoms with Gasteiger partial charge in [0, 0.05) is 5.41 Å². The topological polar surface area (TPSA) is 12.9 Å². The van der Waals surface area contributed by atoms with Crippen LogP contribution in [0.3, 0.4) is 0 Å². The number of hydrogen-bond donors (Lipinski definition) is 0. The van der Waals surface area contributed by atoms with Gasteiger partial charge in [0.05, 0.1) is 11.4 Å². The van der Waals surface area contributed by atoms with Crippen molar-refractivity contribution in [3.63, 3.8) is 0 Å². The van der Waals surface area contributed by atoms with E-state index in [1.54, 1.807) is 12.2 Å². The van der Waals surface area contributed by atoms with Gasteiger partial charge in [-0.25, -0.2) is 4.98 Å². The van der Waals surface area contributed by atoms with E-state index in [1.165, 1.54) is 33.4 Å². The predicted molar refractivity (Wildman–Crippen MR) is 129 cm³/mol. The Morgan fingerprint density at radius 1 is 0.655 bits per heavy atom. The number of nitrogens with zero attached hydrogens (tertiary/aromatic N) is 1. The molecular weight excluding hydrogens is 350 g/mol. The molecule has 4 rings (SSSR count). The van der Waals surface area contributed by atoms with Gasteiger partial charge in [0.15, 0.2) is 0 Å². The average molecular weight is 378 g/mol. The van der Waals surface area contributed by atoms with Gasteiger partial charge in [0.1, 0.15) is 0 Å². The van der Waals surface area contributed by atoms with Crippen molar-refractivity contribution in [2.75, 3.05) is 0 Å². The number of hydrogen-bond acceptors (Lipinski definition) is 1. The van der Waals surface area contributed by atoms with E-state index in [2.05, 4.69) is 81.5 Å². The van der Waals surface area contributed by atoms with Crippen molar-refractivity contribution in [3.8, 4) is 11.1 Å². The van der Waals surface area contributed by atoms with Crippen molar-refractivity contribution in [2.24, 2.45) is 0 Å². The third-order valence-electron chi connectivity index (χ3n) is 5.41. The van der Waals surface area contributed by atoms with E-state index in [-0.39, 0.29) is 5.41 Å². The highest BCUT2D eigenvalue weighted by Gasteiger charge is 2.35. The van der Waals surface area contributed by atoms with E-state index in [9.17, 15) is 0 Å². The largest absolute Gasteiger partial charge is 0.249 e. The van der Waals surface area contributed by atoms with Crippen LogP contribution >= 0.6 is 0 Å². The molecule has 0 N–H and O–H groups in total. The Labute approximate surface area is 174 Å². The van der Waals surface area contributed by atoms with Gasteiger partial charge in [0.25, 0.3) is 0 Å². The summed E-state index contributed by atoms with van der Waals surface area (Å²) in [7, 11) is 0. The smallest absolute Gasteiger partial charge is 0.0631 e. The van der Waals surface area contributed by atoms with Crippen LogP contribution in [-0.2, 0) is 5.41 Å². The molecule has 0 atom stereocenters. The van der Waals surface area contributed by atoms with Crippen molar-refractivity contribution in [2.45, 2.75) is 19.3 Å². The quantitative estimate of drug-likeness (QED) is 0.455. The minimum atomic E-state index is 0.0444. The van der Waals surface area contributed by atoms with Gasteiger partial charge >= 0.3 is 0 Å². The molecule has 0 radical (unpaired) electrons. The van der Waals surface area contributed by atoms with Crippen LogP contribution in [0.25, 0.3) is 35.4 Å². The summed E-state index contributed by atoms with van der Waals surface area (Å²) in [6.45, 7) is 19.5. The van der Waals surface area contributed by atoms with Crippen molar-refractivity contribution >= 4 is 24.3 Å². The molecule has 0 aliphatic heterocycles. The van der Waals surface area contributed by atoms with Crippen molar-refractivity contribution in [1.29, 1.82) is 0 Å². The first kappa shape index (κ1) is 20.3. The van der Waals surface area contributed by atoms with Gasteiger partial charge in [-0.2, -0.15) is 0 Å². The summed E-state index contributed by atoms with van der Waals surface area (Å²) >= 11 is 0. The fraction of sp³-hybridized carbons (Fsp3) is 0.107. The van der Waals surface area contributed by atoms with Crippen LogP contribution in [0.4, 0.5) is 0 Å². The van der Waals surface area contributed by atoms with E-state index in [1.807, 2.05) is 30.4 Å². The van der Waals surface area contributed by atoms with Gasteiger partial charge in [0.2, 0.25) is 0 Å². The van der Waals surface area contributed by atoms with E-state index in [0.717, 1.165) is 11.4 Å². The highest BCUT2D eigenvalue weighted by atomic mass is 14.7. The van der Waals surface area contributed by atoms with Crippen LogP contribution < -0.4 is 0 Å². The number of fused-ring (bicyclic) bond motifs is 3. The van der Waals surface area contributed by atoms with Crippen molar-refractivity contribution in [1.82, 2.24) is 4.98 Å². The molecule has 1 heteroatoms. The Morgan fingerprint density at radius 2 is 1.10 bits per heavy atom. The predicted octanol–water partition coefficient (Wildman–Crippen LogP) is 7.65. The standard InChI is InChI=1S/C19H18.C9H9N/c1-5-13-7-9-15-16-10-8-14(6-2)12-18(16)19(3,4)17(15)11-13;1-3-8-6-5-7-9(4-2)10-8/h5-12H,1-2H2,3-4H3;3-7H,1-2H2. The zero-order chi connectivity index (χ0) is 21.0. The molecule has 29 heavy (non-hydrogen) atoms. The van der Waals surface area contributed by atoms with Crippen LogP contribution in [-0.4, -0.2) is 4.98 Å². The molecule has 0 fully saturated rings. The summed E-state index contributed by atoms with van der Waals surface area (Å²) in [6, 6.07) is 19.0. The lowest BCUT2D eigenvalue weighted by atomic mass is 9.81. The maximum absolute atomic E-state index is 4.17. The molecule has 1 aromatic heterocycles. The molecule has 0 amide bonds. The normalized spacial score (nSPS) is 12.6. The van der Waals surface area contributed by atoms with Crippen LogP contribution in [0.15, 0.2) is 80.9 Å². The summed E-state index contributed by atoms with van der Waals surface area (Å²) in [5, 5.41) is 0. The maximum atomic E-state index is 4.17. The Bertz CT molecular complexity index is 1020. The van der Waals surface area contributed by atoms with Crippen LogP contribution in [0.1, 0.15) is 47.5 Å². The SMILES string of the molecule is C=Cc1ccc2c(c1)C(C)(C)c1cc(C=C)ccc1-2.C=Cc1cccc(C=C)n1. The lowest BCUT2D eigenvalue weighted by Crippen LogP contribution is -2.15. The van der Waals surface area contributed by atoms with E-state index < -0.39 is 0 Å². The molecule has 0 unspecified atom stereocenters. The molecule has 1 heterocycles. The molecule has 1 aliphatic rings. The summed E-state index contributed by atoms with van der Waals surface area (Å²) in [4.78, 5) is 4.17. The second kappa shape index (κ2) is 8.28. The first-order chi connectivity index (χ1) is 13.9.